The minimum atomic E-state index is -0.0261. The second kappa shape index (κ2) is 7.16. The molecule has 0 aliphatic heterocycles. The van der Waals surface area contributed by atoms with Gasteiger partial charge in [0.2, 0.25) is 0 Å². The lowest BCUT2D eigenvalue weighted by molar-refractivity contribution is 0.0947. The van der Waals surface area contributed by atoms with Gasteiger partial charge in [0.1, 0.15) is 0 Å². The highest BCUT2D eigenvalue weighted by molar-refractivity contribution is 6.07. The first-order valence-corrected chi connectivity index (χ1v) is 7.80. The predicted octanol–water partition coefficient (Wildman–Crippen LogP) is 3.70. The van der Waals surface area contributed by atoms with E-state index in [0.29, 0.717) is 17.2 Å². The van der Waals surface area contributed by atoms with Gasteiger partial charge in [-0.2, -0.15) is 0 Å². The Morgan fingerprint density at radius 2 is 2.19 bits per heavy atom. The Bertz CT molecular complexity index is 603. The number of hydrogen-bond donors (Lipinski definition) is 3. The summed E-state index contributed by atoms with van der Waals surface area (Å²) in [5.41, 5.74) is 8.08. The van der Waals surface area contributed by atoms with E-state index in [0.717, 1.165) is 23.9 Å². The van der Waals surface area contributed by atoms with Crippen molar-refractivity contribution in [1.29, 1.82) is 0 Å². The number of benzene rings is 1. The summed E-state index contributed by atoms with van der Waals surface area (Å²) in [7, 11) is 0. The number of carbonyl (C=O) groups excluding carboxylic acids is 1. The number of amides is 1. The molecule has 1 heterocycles. The van der Waals surface area contributed by atoms with E-state index in [1.165, 1.54) is 19.3 Å². The predicted molar refractivity (Wildman–Crippen MR) is 88.4 cm³/mol. The maximum absolute atomic E-state index is 12.4. The van der Waals surface area contributed by atoms with E-state index in [1.54, 1.807) is 6.20 Å². The van der Waals surface area contributed by atoms with Crippen LogP contribution < -0.4 is 11.1 Å². The Morgan fingerprint density at radius 1 is 1.38 bits per heavy atom. The van der Waals surface area contributed by atoms with Gasteiger partial charge in [-0.05, 0) is 30.5 Å². The molecule has 0 saturated carbocycles. The van der Waals surface area contributed by atoms with Crippen LogP contribution in [0.15, 0.2) is 24.4 Å². The molecule has 0 aliphatic carbocycles. The number of unbranched alkanes of at least 4 members (excludes halogenated alkanes) is 1. The molecule has 114 valence electrons. The number of rotatable bonds is 7. The van der Waals surface area contributed by atoms with Crippen LogP contribution in [0.4, 0.5) is 5.69 Å². The molecule has 21 heavy (non-hydrogen) atoms. The summed E-state index contributed by atoms with van der Waals surface area (Å²) in [4.78, 5) is 15.5. The van der Waals surface area contributed by atoms with E-state index in [2.05, 4.69) is 24.1 Å². The smallest absolute Gasteiger partial charge is 0.253 e. The fourth-order valence-corrected chi connectivity index (χ4v) is 2.60. The van der Waals surface area contributed by atoms with E-state index >= 15 is 0 Å². The topological polar surface area (TPSA) is 70.9 Å². The largest absolute Gasteiger partial charge is 0.399 e. The van der Waals surface area contributed by atoms with Gasteiger partial charge in [0.05, 0.1) is 5.56 Å². The van der Waals surface area contributed by atoms with Crippen LogP contribution in [0, 0.1) is 5.92 Å². The lowest BCUT2D eigenvalue weighted by Crippen LogP contribution is -2.29. The standard InChI is InChI=1S/C17H25N3O/c1-3-5-6-12(4-2)10-20-17(21)15-11-19-16-8-7-13(18)9-14(15)16/h7-9,11-12,19H,3-6,10,18H2,1-2H3,(H,20,21). The SMILES string of the molecule is CCCCC(CC)CNC(=O)c1c[nH]c2ccc(N)cc12. The molecule has 1 atom stereocenters. The minimum absolute atomic E-state index is 0.0261. The zero-order valence-electron chi connectivity index (χ0n) is 12.9. The van der Waals surface area contributed by atoms with Crippen molar-refractivity contribution in [3.63, 3.8) is 0 Å². The van der Waals surface area contributed by atoms with Crippen LogP contribution in [-0.4, -0.2) is 17.4 Å². The van der Waals surface area contributed by atoms with E-state index in [4.69, 9.17) is 5.73 Å². The molecule has 0 aliphatic rings. The van der Waals surface area contributed by atoms with E-state index in [1.807, 2.05) is 18.2 Å². The number of anilines is 1. The van der Waals surface area contributed by atoms with Crippen molar-refractivity contribution in [3.05, 3.63) is 30.0 Å². The molecule has 1 aromatic heterocycles. The summed E-state index contributed by atoms with van der Waals surface area (Å²) in [6, 6.07) is 5.57. The van der Waals surface area contributed by atoms with Crippen molar-refractivity contribution in [1.82, 2.24) is 10.3 Å². The molecule has 1 aromatic carbocycles. The van der Waals surface area contributed by atoms with Crippen LogP contribution in [0.2, 0.25) is 0 Å². The van der Waals surface area contributed by atoms with Crippen molar-refractivity contribution in [2.45, 2.75) is 39.5 Å². The molecule has 4 heteroatoms. The number of carbonyl (C=O) groups is 1. The van der Waals surface area contributed by atoms with Gasteiger partial charge in [0, 0.05) is 29.3 Å². The average Bonchev–Trinajstić information content (AvgIpc) is 2.90. The van der Waals surface area contributed by atoms with Gasteiger partial charge in [0.15, 0.2) is 0 Å². The molecule has 0 bridgehead atoms. The Morgan fingerprint density at radius 3 is 2.90 bits per heavy atom. The van der Waals surface area contributed by atoms with Crippen molar-refractivity contribution in [3.8, 4) is 0 Å². The molecule has 4 nitrogen and oxygen atoms in total. The molecule has 2 aromatic rings. The third kappa shape index (κ3) is 3.78. The van der Waals surface area contributed by atoms with Gasteiger partial charge < -0.3 is 16.0 Å². The van der Waals surface area contributed by atoms with Crippen LogP contribution in [0.1, 0.15) is 49.9 Å². The van der Waals surface area contributed by atoms with Gasteiger partial charge in [-0.25, -0.2) is 0 Å². The molecule has 1 unspecified atom stereocenters. The lowest BCUT2D eigenvalue weighted by Gasteiger charge is -2.15. The number of nitrogen functional groups attached to an aromatic ring is 1. The fourth-order valence-electron chi connectivity index (χ4n) is 2.60. The summed E-state index contributed by atoms with van der Waals surface area (Å²) in [6.07, 6.45) is 6.45. The quantitative estimate of drug-likeness (QED) is 0.679. The first kappa shape index (κ1) is 15.4. The molecule has 0 radical (unpaired) electrons. The van der Waals surface area contributed by atoms with Gasteiger partial charge in [-0.1, -0.05) is 33.1 Å². The van der Waals surface area contributed by atoms with Crippen LogP contribution in [0.25, 0.3) is 10.9 Å². The number of H-pyrrole nitrogens is 1. The zero-order chi connectivity index (χ0) is 15.2. The Hall–Kier alpha value is -1.97. The summed E-state index contributed by atoms with van der Waals surface area (Å²) in [5.74, 6) is 0.533. The molecule has 1 amide bonds. The number of fused-ring (bicyclic) bond motifs is 1. The highest BCUT2D eigenvalue weighted by Crippen LogP contribution is 2.21. The maximum Gasteiger partial charge on any atom is 0.253 e. The van der Waals surface area contributed by atoms with Crippen molar-refractivity contribution < 1.29 is 4.79 Å². The van der Waals surface area contributed by atoms with Crippen molar-refractivity contribution in [2.24, 2.45) is 5.92 Å². The summed E-state index contributed by atoms with van der Waals surface area (Å²) >= 11 is 0. The molecular weight excluding hydrogens is 262 g/mol. The normalized spacial score (nSPS) is 12.5. The number of aromatic nitrogens is 1. The number of nitrogens with two attached hydrogens (primary N) is 1. The molecule has 0 spiro atoms. The lowest BCUT2D eigenvalue weighted by atomic mass is 9.99. The van der Waals surface area contributed by atoms with Crippen LogP contribution in [0.5, 0.6) is 0 Å². The summed E-state index contributed by atoms with van der Waals surface area (Å²) in [6.45, 7) is 5.12. The van der Waals surface area contributed by atoms with Gasteiger partial charge in [0.25, 0.3) is 5.91 Å². The fraction of sp³-hybridized carbons (Fsp3) is 0.471. The molecule has 4 N–H and O–H groups in total. The van der Waals surface area contributed by atoms with Gasteiger partial charge in [-0.3, -0.25) is 4.79 Å². The highest BCUT2D eigenvalue weighted by Gasteiger charge is 2.14. The summed E-state index contributed by atoms with van der Waals surface area (Å²) in [5, 5.41) is 3.94. The molecular formula is C17H25N3O. The Balaban J connectivity index is 2.03. The van der Waals surface area contributed by atoms with E-state index in [-0.39, 0.29) is 5.91 Å². The Kier molecular flexibility index (Phi) is 5.26. The van der Waals surface area contributed by atoms with Crippen LogP contribution in [-0.2, 0) is 0 Å². The summed E-state index contributed by atoms with van der Waals surface area (Å²) < 4.78 is 0. The zero-order valence-corrected chi connectivity index (χ0v) is 12.9. The van der Waals surface area contributed by atoms with E-state index < -0.39 is 0 Å². The maximum atomic E-state index is 12.4. The average molecular weight is 287 g/mol. The number of nitrogens with one attached hydrogen (secondary N) is 2. The first-order valence-electron chi connectivity index (χ1n) is 7.80. The third-order valence-corrected chi connectivity index (χ3v) is 4.05. The van der Waals surface area contributed by atoms with Crippen LogP contribution >= 0.6 is 0 Å². The monoisotopic (exact) mass is 287 g/mol. The van der Waals surface area contributed by atoms with Crippen molar-refractivity contribution >= 4 is 22.5 Å². The molecule has 0 saturated heterocycles. The second-order valence-corrected chi connectivity index (χ2v) is 5.63. The molecule has 2 rings (SSSR count). The van der Waals surface area contributed by atoms with E-state index in [9.17, 15) is 4.79 Å². The number of hydrogen-bond acceptors (Lipinski definition) is 2. The van der Waals surface area contributed by atoms with Crippen molar-refractivity contribution in [2.75, 3.05) is 12.3 Å². The van der Waals surface area contributed by atoms with Gasteiger partial charge in [-0.15, -0.1) is 0 Å². The highest BCUT2D eigenvalue weighted by atomic mass is 16.1. The second-order valence-electron chi connectivity index (χ2n) is 5.63. The molecule has 0 fully saturated rings. The third-order valence-electron chi connectivity index (χ3n) is 4.05. The van der Waals surface area contributed by atoms with Crippen LogP contribution in [0.3, 0.4) is 0 Å². The minimum Gasteiger partial charge on any atom is -0.399 e. The first-order chi connectivity index (χ1) is 10.2. The Labute approximate surface area is 126 Å². The number of aromatic amines is 1. The van der Waals surface area contributed by atoms with Gasteiger partial charge >= 0.3 is 0 Å².